The summed E-state index contributed by atoms with van der Waals surface area (Å²) in [4.78, 5) is 16.5. The molecule has 1 aromatic carbocycles. The van der Waals surface area contributed by atoms with Gasteiger partial charge in [0.15, 0.2) is 0 Å². The van der Waals surface area contributed by atoms with E-state index in [-0.39, 0.29) is 0 Å². The van der Waals surface area contributed by atoms with Gasteiger partial charge in [0.25, 0.3) is 0 Å². The van der Waals surface area contributed by atoms with Crippen LogP contribution in [0, 0.1) is 0 Å². The van der Waals surface area contributed by atoms with Crippen LogP contribution in [0.3, 0.4) is 0 Å². The minimum Gasteiger partial charge on any atom is -0.361 e. The van der Waals surface area contributed by atoms with Crippen molar-refractivity contribution in [3.8, 4) is 0 Å². The molecular weight excluding hydrogens is 204 g/mol. The van der Waals surface area contributed by atoms with Crippen molar-refractivity contribution < 1.29 is 4.79 Å². The molecule has 0 unspecified atom stereocenters. The number of rotatable bonds is 2. The van der Waals surface area contributed by atoms with Crippen LogP contribution in [-0.2, 0) is 4.79 Å². The molecule has 0 fully saturated rings. The number of fused-ring (bicyclic) bond motifs is 1. The third-order valence-corrected chi connectivity index (χ3v) is 2.17. The fourth-order valence-corrected chi connectivity index (χ4v) is 1.49. The number of carbonyl (C=O) groups excluding carboxylic acids is 1. The molecule has 0 spiro atoms. The maximum atomic E-state index is 11.0. The van der Waals surface area contributed by atoms with Crippen molar-refractivity contribution in [1.82, 2.24) is 4.98 Å². The zero-order valence-electron chi connectivity index (χ0n) is 8.29. The first-order valence-corrected chi connectivity index (χ1v) is 4.64. The molecule has 0 aliphatic carbocycles. The smallest absolute Gasteiger partial charge is 0.242 e. The largest absolute Gasteiger partial charge is 0.361 e. The predicted molar refractivity (Wildman–Crippen MR) is 61.5 cm³/mol. The Morgan fingerprint density at radius 1 is 1.44 bits per heavy atom. The van der Waals surface area contributed by atoms with Gasteiger partial charge in [0, 0.05) is 11.1 Å². The Morgan fingerprint density at radius 3 is 3.12 bits per heavy atom. The van der Waals surface area contributed by atoms with E-state index in [9.17, 15) is 4.79 Å². The van der Waals surface area contributed by atoms with Crippen LogP contribution in [0.5, 0.6) is 0 Å². The number of hydrogen-bond acceptors (Lipinski definition) is 1. The van der Waals surface area contributed by atoms with Crippen molar-refractivity contribution >= 4 is 22.9 Å². The third-order valence-electron chi connectivity index (χ3n) is 2.17. The van der Waals surface area contributed by atoms with Crippen molar-refractivity contribution in [3.63, 3.8) is 0 Å². The van der Waals surface area contributed by atoms with Gasteiger partial charge < -0.3 is 4.98 Å². The molecule has 1 amide bonds. The number of carbonyl (C=O) groups is 1. The van der Waals surface area contributed by atoms with Crippen LogP contribution in [0.15, 0.2) is 41.7 Å². The molecule has 0 saturated heterocycles. The summed E-state index contributed by atoms with van der Waals surface area (Å²) < 4.78 is 0. The van der Waals surface area contributed by atoms with Gasteiger partial charge in [-0.1, -0.05) is 18.2 Å². The van der Waals surface area contributed by atoms with Crippen LogP contribution in [0.2, 0.25) is 0 Å². The number of azide groups is 1. The number of para-hydroxylation sites is 1. The second-order valence-corrected chi connectivity index (χ2v) is 3.15. The van der Waals surface area contributed by atoms with Crippen LogP contribution >= 0.6 is 0 Å². The van der Waals surface area contributed by atoms with Crippen LogP contribution in [-0.4, -0.2) is 10.9 Å². The lowest BCUT2D eigenvalue weighted by Crippen LogP contribution is -1.83. The van der Waals surface area contributed by atoms with E-state index in [1.54, 1.807) is 6.08 Å². The van der Waals surface area contributed by atoms with E-state index in [1.807, 2.05) is 30.5 Å². The number of aromatic amines is 1. The van der Waals surface area contributed by atoms with Crippen LogP contribution in [0.25, 0.3) is 27.4 Å². The molecule has 0 radical (unpaired) electrons. The molecule has 2 aromatic rings. The first-order chi connectivity index (χ1) is 7.81. The van der Waals surface area contributed by atoms with E-state index in [0.29, 0.717) is 0 Å². The Labute approximate surface area is 91.0 Å². The van der Waals surface area contributed by atoms with Gasteiger partial charge in [-0.15, -0.1) is 0 Å². The van der Waals surface area contributed by atoms with Gasteiger partial charge in [-0.05, 0) is 39.8 Å². The summed E-state index contributed by atoms with van der Waals surface area (Å²) in [5.41, 5.74) is 9.90. The fourth-order valence-electron chi connectivity index (χ4n) is 1.49. The van der Waals surface area contributed by atoms with Crippen molar-refractivity contribution in [2.75, 3.05) is 0 Å². The second kappa shape index (κ2) is 4.33. The molecule has 1 heterocycles. The molecule has 0 aliphatic rings. The molecular formula is C11H8N4O. The van der Waals surface area contributed by atoms with Gasteiger partial charge in [-0.3, -0.25) is 4.79 Å². The zero-order chi connectivity index (χ0) is 11.4. The van der Waals surface area contributed by atoms with Crippen LogP contribution < -0.4 is 0 Å². The molecule has 0 bridgehead atoms. The third kappa shape index (κ3) is 1.94. The maximum absolute atomic E-state index is 11.0. The number of H-pyrrole nitrogens is 1. The molecule has 0 saturated carbocycles. The number of nitrogens with one attached hydrogen (secondary N) is 1. The summed E-state index contributed by atoms with van der Waals surface area (Å²) in [5, 5.41) is 4.02. The summed E-state index contributed by atoms with van der Waals surface area (Å²) in [6.45, 7) is 0. The van der Waals surface area contributed by atoms with Crippen LogP contribution in [0.1, 0.15) is 5.56 Å². The Kier molecular flexibility index (Phi) is 2.71. The van der Waals surface area contributed by atoms with E-state index in [2.05, 4.69) is 15.0 Å². The van der Waals surface area contributed by atoms with Crippen LogP contribution in [0.4, 0.5) is 0 Å². The van der Waals surface area contributed by atoms with Crippen molar-refractivity contribution in [2.24, 2.45) is 5.11 Å². The van der Waals surface area contributed by atoms with E-state index < -0.39 is 5.91 Å². The Bertz CT molecular complexity index is 605. The monoisotopic (exact) mass is 212 g/mol. The van der Waals surface area contributed by atoms with Crippen molar-refractivity contribution in [1.29, 1.82) is 0 Å². The molecule has 16 heavy (non-hydrogen) atoms. The number of aromatic nitrogens is 1. The Morgan fingerprint density at radius 2 is 2.31 bits per heavy atom. The standard InChI is InChI=1S/C11H8N4O/c12-15-14-10(16)5-4-8-2-1-3-9-6-7-13-11(8)9/h1-7,13H. The highest BCUT2D eigenvalue weighted by Gasteiger charge is 1.98. The lowest BCUT2D eigenvalue weighted by Gasteiger charge is -1.95. The fraction of sp³-hybridized carbons (Fsp3) is 0. The number of benzene rings is 1. The number of hydrogen-bond donors (Lipinski definition) is 1. The molecule has 1 aromatic heterocycles. The highest BCUT2D eigenvalue weighted by atomic mass is 16.1. The highest BCUT2D eigenvalue weighted by Crippen LogP contribution is 2.17. The highest BCUT2D eigenvalue weighted by molar-refractivity contribution is 5.95. The lowest BCUT2D eigenvalue weighted by atomic mass is 10.1. The number of nitrogens with zero attached hydrogens (tertiary/aromatic N) is 3. The normalized spacial score (nSPS) is 10.5. The van der Waals surface area contributed by atoms with Gasteiger partial charge in [-0.25, -0.2) is 0 Å². The minimum atomic E-state index is -0.606. The zero-order valence-corrected chi connectivity index (χ0v) is 8.29. The first kappa shape index (κ1) is 10.0. The molecule has 5 heteroatoms. The topological polar surface area (TPSA) is 81.6 Å². The van der Waals surface area contributed by atoms with Crippen molar-refractivity contribution in [2.45, 2.75) is 0 Å². The molecule has 0 aliphatic heterocycles. The minimum absolute atomic E-state index is 0.606. The predicted octanol–water partition coefficient (Wildman–Crippen LogP) is 3.02. The Balaban J connectivity index is 2.37. The second-order valence-electron chi connectivity index (χ2n) is 3.15. The van der Waals surface area contributed by atoms with E-state index in [4.69, 9.17) is 5.53 Å². The summed E-state index contributed by atoms with van der Waals surface area (Å²) in [5.74, 6) is -0.606. The van der Waals surface area contributed by atoms with Gasteiger partial charge in [0.1, 0.15) is 0 Å². The van der Waals surface area contributed by atoms with Gasteiger partial charge in [0.05, 0.1) is 5.52 Å². The molecule has 0 atom stereocenters. The first-order valence-electron chi connectivity index (χ1n) is 4.64. The molecule has 5 nitrogen and oxygen atoms in total. The SMILES string of the molecule is [N-]=[N+]=NC(=O)C=Cc1cccc2cc[nH]c12. The quantitative estimate of drug-likeness (QED) is 0.353. The number of amides is 1. The summed E-state index contributed by atoms with van der Waals surface area (Å²) in [6.07, 6.45) is 4.70. The molecule has 2 rings (SSSR count). The van der Waals surface area contributed by atoms with Crippen molar-refractivity contribution in [3.05, 3.63) is 52.5 Å². The van der Waals surface area contributed by atoms with Gasteiger partial charge in [-0.2, -0.15) is 0 Å². The maximum Gasteiger partial charge on any atom is 0.242 e. The van der Waals surface area contributed by atoms with E-state index in [0.717, 1.165) is 16.5 Å². The molecule has 78 valence electrons. The average molecular weight is 212 g/mol. The van der Waals surface area contributed by atoms with Gasteiger partial charge >= 0.3 is 0 Å². The van der Waals surface area contributed by atoms with E-state index >= 15 is 0 Å². The molecule has 1 N–H and O–H groups in total. The summed E-state index contributed by atoms with van der Waals surface area (Å²) in [6, 6.07) is 7.69. The van der Waals surface area contributed by atoms with Gasteiger partial charge in [0.2, 0.25) is 5.91 Å². The summed E-state index contributed by atoms with van der Waals surface area (Å²) >= 11 is 0. The van der Waals surface area contributed by atoms with E-state index in [1.165, 1.54) is 6.08 Å². The average Bonchev–Trinajstić information content (AvgIpc) is 2.75. The Hall–Kier alpha value is -2.52. The summed E-state index contributed by atoms with van der Waals surface area (Å²) in [7, 11) is 0. The lowest BCUT2D eigenvalue weighted by molar-refractivity contribution is -0.113.